The first kappa shape index (κ1) is 21.3. The predicted molar refractivity (Wildman–Crippen MR) is 112 cm³/mol. The number of H-pyrrole nitrogens is 1. The zero-order valence-corrected chi connectivity index (χ0v) is 17.8. The highest BCUT2D eigenvalue weighted by atomic mass is 19.1. The highest BCUT2D eigenvalue weighted by molar-refractivity contribution is 5.93. The quantitative estimate of drug-likeness (QED) is 0.620. The average molecular weight is 435 g/mol. The fourth-order valence-corrected chi connectivity index (χ4v) is 4.12. The SMILES string of the molecule is CCOC(=O)c1nn(Cc2ccc(F)cc2C#N)c2c1CN(C(=O)c1ccc[nH]1)CC2C. The Hall–Kier alpha value is -3.93. The van der Waals surface area contributed by atoms with Crippen LogP contribution in [-0.2, 0) is 17.8 Å². The van der Waals surface area contributed by atoms with Crippen LogP contribution in [0.15, 0.2) is 36.5 Å². The van der Waals surface area contributed by atoms with E-state index in [1.165, 1.54) is 12.1 Å². The van der Waals surface area contributed by atoms with Crippen LogP contribution in [0.2, 0.25) is 0 Å². The third-order valence-corrected chi connectivity index (χ3v) is 5.50. The van der Waals surface area contributed by atoms with Crippen molar-refractivity contribution in [3.05, 3.63) is 76.1 Å². The minimum atomic E-state index is -0.566. The Morgan fingerprint density at radius 1 is 1.38 bits per heavy atom. The molecule has 1 unspecified atom stereocenters. The molecule has 0 saturated heterocycles. The lowest BCUT2D eigenvalue weighted by molar-refractivity contribution is 0.0512. The summed E-state index contributed by atoms with van der Waals surface area (Å²) in [5, 5.41) is 13.9. The standard InChI is InChI=1S/C23H22FN5O3/c1-3-32-23(31)20-18-13-28(22(30)19-5-4-8-26-19)11-14(2)21(18)29(27-20)12-15-6-7-17(24)9-16(15)10-25/h4-9,14,26H,3,11-13H2,1-2H3. The summed E-state index contributed by atoms with van der Waals surface area (Å²) in [7, 11) is 0. The number of nitrogens with zero attached hydrogens (tertiary/aromatic N) is 4. The Labute approximate surface area is 184 Å². The van der Waals surface area contributed by atoms with E-state index in [1.54, 1.807) is 40.9 Å². The van der Waals surface area contributed by atoms with Gasteiger partial charge < -0.3 is 14.6 Å². The van der Waals surface area contributed by atoms with Crippen LogP contribution in [0.4, 0.5) is 4.39 Å². The summed E-state index contributed by atoms with van der Waals surface area (Å²) in [6.07, 6.45) is 1.68. The molecule has 9 heteroatoms. The second kappa shape index (κ2) is 8.67. The molecular weight excluding hydrogens is 413 g/mol. The zero-order valence-electron chi connectivity index (χ0n) is 17.8. The van der Waals surface area contributed by atoms with Gasteiger partial charge in [0.15, 0.2) is 5.69 Å². The third-order valence-electron chi connectivity index (χ3n) is 5.50. The molecule has 3 aromatic rings. The molecule has 1 atom stereocenters. The van der Waals surface area contributed by atoms with Crippen LogP contribution in [0.25, 0.3) is 0 Å². The summed E-state index contributed by atoms with van der Waals surface area (Å²) < 4.78 is 20.4. The number of hydrogen-bond acceptors (Lipinski definition) is 5. The Morgan fingerprint density at radius 3 is 2.88 bits per heavy atom. The van der Waals surface area contributed by atoms with Gasteiger partial charge in [-0.2, -0.15) is 10.4 Å². The van der Waals surface area contributed by atoms with E-state index < -0.39 is 11.8 Å². The maximum atomic E-state index is 13.6. The lowest BCUT2D eigenvalue weighted by Crippen LogP contribution is -2.38. The van der Waals surface area contributed by atoms with Gasteiger partial charge in [-0.15, -0.1) is 0 Å². The average Bonchev–Trinajstić information content (AvgIpc) is 3.43. The Bertz CT molecular complexity index is 1210. The molecule has 1 aliphatic rings. The number of nitriles is 1. The first-order valence-electron chi connectivity index (χ1n) is 10.3. The number of ether oxygens (including phenoxy) is 1. The van der Waals surface area contributed by atoms with Crippen molar-refractivity contribution in [1.29, 1.82) is 5.26 Å². The lowest BCUT2D eigenvalue weighted by Gasteiger charge is -2.31. The molecule has 2 aromatic heterocycles. The number of aromatic amines is 1. The minimum absolute atomic E-state index is 0.126. The van der Waals surface area contributed by atoms with Crippen molar-refractivity contribution in [2.45, 2.75) is 32.9 Å². The topological polar surface area (TPSA) is 104 Å². The number of carbonyl (C=O) groups excluding carboxylic acids is 2. The number of benzene rings is 1. The molecule has 0 radical (unpaired) electrons. The molecule has 8 nitrogen and oxygen atoms in total. The monoisotopic (exact) mass is 435 g/mol. The summed E-state index contributed by atoms with van der Waals surface area (Å²) >= 11 is 0. The molecule has 0 saturated carbocycles. The summed E-state index contributed by atoms with van der Waals surface area (Å²) in [6, 6.07) is 9.48. The van der Waals surface area contributed by atoms with Crippen LogP contribution in [0.5, 0.6) is 0 Å². The van der Waals surface area contributed by atoms with Crippen LogP contribution >= 0.6 is 0 Å². The first-order valence-corrected chi connectivity index (χ1v) is 10.3. The summed E-state index contributed by atoms with van der Waals surface area (Å²) in [5.74, 6) is -1.35. The molecule has 164 valence electrons. The van der Waals surface area contributed by atoms with Gasteiger partial charge in [0.2, 0.25) is 0 Å². The number of carbonyl (C=O) groups is 2. The van der Waals surface area contributed by atoms with Crippen LogP contribution < -0.4 is 0 Å². The molecule has 0 fully saturated rings. The number of halogens is 1. The molecule has 0 bridgehead atoms. The van der Waals surface area contributed by atoms with E-state index in [0.717, 1.165) is 5.69 Å². The van der Waals surface area contributed by atoms with Crippen molar-refractivity contribution >= 4 is 11.9 Å². The van der Waals surface area contributed by atoms with E-state index in [2.05, 4.69) is 10.1 Å². The van der Waals surface area contributed by atoms with Crippen LogP contribution in [0.3, 0.4) is 0 Å². The molecule has 3 heterocycles. The molecule has 32 heavy (non-hydrogen) atoms. The fraction of sp³-hybridized carbons (Fsp3) is 0.304. The van der Waals surface area contributed by atoms with Gasteiger partial charge in [0.25, 0.3) is 5.91 Å². The van der Waals surface area contributed by atoms with Gasteiger partial charge in [-0.1, -0.05) is 13.0 Å². The Morgan fingerprint density at radius 2 is 2.19 bits per heavy atom. The summed E-state index contributed by atoms with van der Waals surface area (Å²) in [5.41, 5.74) is 2.85. The number of fused-ring (bicyclic) bond motifs is 1. The highest BCUT2D eigenvalue weighted by Crippen LogP contribution is 2.32. The van der Waals surface area contributed by atoms with Crippen LogP contribution in [0.1, 0.15) is 63.1 Å². The number of amides is 1. The van der Waals surface area contributed by atoms with Crippen molar-refractivity contribution in [2.75, 3.05) is 13.2 Å². The predicted octanol–water partition coefficient (Wildman–Crippen LogP) is 3.21. The smallest absolute Gasteiger partial charge is 0.359 e. The normalized spacial score (nSPS) is 15.2. The third kappa shape index (κ3) is 3.87. The molecule has 1 amide bonds. The second-order valence-corrected chi connectivity index (χ2v) is 7.67. The molecule has 4 rings (SSSR count). The van der Waals surface area contributed by atoms with Crippen molar-refractivity contribution < 1.29 is 18.7 Å². The second-order valence-electron chi connectivity index (χ2n) is 7.67. The number of aromatic nitrogens is 3. The number of esters is 1. The summed E-state index contributed by atoms with van der Waals surface area (Å²) in [4.78, 5) is 30.2. The van der Waals surface area contributed by atoms with Gasteiger partial charge in [0, 0.05) is 29.9 Å². The number of hydrogen-bond donors (Lipinski definition) is 1. The maximum absolute atomic E-state index is 13.6. The Balaban J connectivity index is 1.75. The van der Waals surface area contributed by atoms with Gasteiger partial charge in [-0.25, -0.2) is 9.18 Å². The maximum Gasteiger partial charge on any atom is 0.359 e. The van der Waals surface area contributed by atoms with E-state index in [9.17, 15) is 19.2 Å². The number of rotatable bonds is 5. The molecule has 1 N–H and O–H groups in total. The van der Waals surface area contributed by atoms with E-state index >= 15 is 0 Å². The van der Waals surface area contributed by atoms with Gasteiger partial charge in [0.1, 0.15) is 11.5 Å². The van der Waals surface area contributed by atoms with E-state index in [1.807, 2.05) is 13.0 Å². The van der Waals surface area contributed by atoms with Crippen molar-refractivity contribution in [1.82, 2.24) is 19.7 Å². The molecular formula is C23H22FN5O3. The van der Waals surface area contributed by atoms with Crippen molar-refractivity contribution in [2.24, 2.45) is 0 Å². The molecule has 1 aliphatic heterocycles. The summed E-state index contributed by atoms with van der Waals surface area (Å²) in [6.45, 7) is 4.70. The molecule has 1 aromatic carbocycles. The van der Waals surface area contributed by atoms with Crippen LogP contribution in [-0.4, -0.2) is 44.7 Å². The highest BCUT2D eigenvalue weighted by Gasteiger charge is 2.35. The van der Waals surface area contributed by atoms with Crippen molar-refractivity contribution in [3.8, 4) is 6.07 Å². The first-order chi connectivity index (χ1) is 15.4. The fourth-order valence-electron chi connectivity index (χ4n) is 4.12. The van der Waals surface area contributed by atoms with Gasteiger partial charge in [-0.05, 0) is 36.8 Å². The van der Waals surface area contributed by atoms with E-state index in [0.29, 0.717) is 23.4 Å². The van der Waals surface area contributed by atoms with Gasteiger partial charge >= 0.3 is 5.97 Å². The van der Waals surface area contributed by atoms with E-state index in [4.69, 9.17) is 4.74 Å². The molecule has 0 spiro atoms. The molecule has 0 aliphatic carbocycles. The largest absolute Gasteiger partial charge is 0.461 e. The zero-order chi connectivity index (χ0) is 22.8. The Kier molecular flexibility index (Phi) is 5.77. The van der Waals surface area contributed by atoms with Gasteiger partial charge in [0.05, 0.1) is 31.3 Å². The number of nitrogens with one attached hydrogen (secondary N) is 1. The van der Waals surface area contributed by atoms with E-state index in [-0.39, 0.29) is 42.8 Å². The van der Waals surface area contributed by atoms with Crippen LogP contribution in [0, 0.1) is 17.1 Å². The minimum Gasteiger partial charge on any atom is -0.461 e. The van der Waals surface area contributed by atoms with Crippen molar-refractivity contribution in [3.63, 3.8) is 0 Å². The van der Waals surface area contributed by atoms with Gasteiger partial charge in [-0.3, -0.25) is 9.48 Å². The lowest BCUT2D eigenvalue weighted by atomic mass is 9.95.